The Labute approximate surface area is 215 Å². The fourth-order valence-electron chi connectivity index (χ4n) is 4.73. The third-order valence-electron chi connectivity index (χ3n) is 6.45. The summed E-state index contributed by atoms with van der Waals surface area (Å²) < 4.78 is 25.5. The molecule has 1 aliphatic rings. The largest absolute Gasteiger partial charge is 0.352 e. The number of aryl methyl sites for hydroxylation is 2. The van der Waals surface area contributed by atoms with Crippen LogP contribution in [0.5, 0.6) is 0 Å². The van der Waals surface area contributed by atoms with Crippen LogP contribution in [0, 0.1) is 13.8 Å². The first-order valence-corrected chi connectivity index (χ1v) is 14.7. The number of fused-ring (bicyclic) bond motifs is 1. The number of sulfone groups is 1. The molecule has 3 aromatic carbocycles. The first kappa shape index (κ1) is 24.5. The molecule has 2 heterocycles. The maximum absolute atomic E-state index is 12.6. The van der Waals surface area contributed by atoms with Crippen LogP contribution in [-0.4, -0.2) is 52.4 Å². The molecule has 1 atom stereocenters. The number of benzene rings is 3. The number of amides is 1. The summed E-state index contributed by atoms with van der Waals surface area (Å²) in [5, 5.41) is 14.8. The van der Waals surface area contributed by atoms with Crippen molar-refractivity contribution in [1.29, 1.82) is 0 Å². The van der Waals surface area contributed by atoms with Crippen molar-refractivity contribution in [2.24, 2.45) is 0 Å². The number of carbonyl (C=O) groups excluding carboxylic acids is 1. The highest BCUT2D eigenvalue weighted by Crippen LogP contribution is 2.28. The van der Waals surface area contributed by atoms with Crippen LogP contribution in [0.15, 0.2) is 65.8 Å². The molecule has 4 aromatic rings. The number of nitrogens with one attached hydrogen (secondary N) is 1. The fourth-order valence-corrected chi connectivity index (χ4v) is 7.18. The van der Waals surface area contributed by atoms with Gasteiger partial charge in [-0.05, 0) is 48.2 Å². The summed E-state index contributed by atoms with van der Waals surface area (Å²) in [5.74, 6) is 0.866. The molecule has 0 radical (unpaired) electrons. The molecule has 1 N–H and O–H groups in total. The molecule has 1 saturated heterocycles. The number of hydrogen-bond donors (Lipinski definition) is 1. The lowest BCUT2D eigenvalue weighted by molar-refractivity contribution is -0.119. The van der Waals surface area contributed by atoms with Crippen LogP contribution >= 0.6 is 11.8 Å². The van der Waals surface area contributed by atoms with Crippen molar-refractivity contribution in [3.8, 4) is 5.69 Å². The summed E-state index contributed by atoms with van der Waals surface area (Å²) in [4.78, 5) is 12.6. The number of thioether (sulfide) groups is 1. The Bertz CT molecular complexity index is 1540. The number of rotatable bonds is 7. The average Bonchev–Trinajstić information content (AvgIpc) is 3.40. The Balaban J connectivity index is 1.43. The molecule has 1 aliphatic heterocycles. The van der Waals surface area contributed by atoms with E-state index in [-0.39, 0.29) is 29.2 Å². The molecule has 0 bridgehead atoms. The van der Waals surface area contributed by atoms with Gasteiger partial charge in [0.2, 0.25) is 5.91 Å². The van der Waals surface area contributed by atoms with Crippen molar-refractivity contribution in [2.75, 3.05) is 17.3 Å². The molecule has 9 heteroatoms. The third-order valence-corrected chi connectivity index (χ3v) is 9.15. The Morgan fingerprint density at radius 1 is 1.08 bits per heavy atom. The van der Waals surface area contributed by atoms with Crippen molar-refractivity contribution in [3.63, 3.8) is 0 Å². The van der Waals surface area contributed by atoms with Gasteiger partial charge in [0.15, 0.2) is 15.0 Å². The number of aromatic nitrogens is 3. The van der Waals surface area contributed by atoms with Crippen LogP contribution in [0.1, 0.15) is 28.9 Å². The molecule has 1 fully saturated rings. The van der Waals surface area contributed by atoms with Gasteiger partial charge >= 0.3 is 0 Å². The van der Waals surface area contributed by atoms with Crippen molar-refractivity contribution < 1.29 is 13.2 Å². The molecule has 1 aromatic heterocycles. The van der Waals surface area contributed by atoms with E-state index in [9.17, 15) is 13.2 Å². The highest BCUT2D eigenvalue weighted by molar-refractivity contribution is 7.99. The van der Waals surface area contributed by atoms with Gasteiger partial charge in [-0.25, -0.2) is 8.42 Å². The third kappa shape index (κ3) is 5.32. The predicted octanol–water partition coefficient (Wildman–Crippen LogP) is 4.02. The van der Waals surface area contributed by atoms with E-state index in [1.165, 1.54) is 28.1 Å². The lowest BCUT2D eigenvalue weighted by Gasteiger charge is -2.15. The van der Waals surface area contributed by atoms with Gasteiger partial charge in [0.1, 0.15) is 5.82 Å². The lowest BCUT2D eigenvalue weighted by atomic mass is 10.0. The van der Waals surface area contributed by atoms with Crippen molar-refractivity contribution in [3.05, 3.63) is 83.2 Å². The second kappa shape index (κ2) is 10.1. The van der Waals surface area contributed by atoms with Crippen LogP contribution in [0.2, 0.25) is 0 Å². The summed E-state index contributed by atoms with van der Waals surface area (Å²) in [5.41, 5.74) is 4.39. The Morgan fingerprint density at radius 3 is 2.67 bits per heavy atom. The van der Waals surface area contributed by atoms with Gasteiger partial charge in [-0.1, -0.05) is 71.9 Å². The Morgan fingerprint density at radius 2 is 1.89 bits per heavy atom. The molecule has 186 valence electrons. The Kier molecular flexibility index (Phi) is 6.85. The normalized spacial score (nSPS) is 16.9. The standard InChI is InChI=1S/C27H28N4O3S2/c1-18-10-11-24(19(2)14-18)31-25(15-21-8-5-7-20-6-3-4-9-23(20)21)29-30-27(31)35-16-26(32)28-22-12-13-36(33,34)17-22/h3-11,14,22H,12-13,15-17H2,1-2H3,(H,28,32). The second-order valence-electron chi connectivity index (χ2n) is 9.30. The smallest absolute Gasteiger partial charge is 0.230 e. The maximum atomic E-state index is 12.6. The molecular weight excluding hydrogens is 492 g/mol. The quantitative estimate of drug-likeness (QED) is 0.370. The van der Waals surface area contributed by atoms with Gasteiger partial charge in [0.05, 0.1) is 22.9 Å². The van der Waals surface area contributed by atoms with E-state index in [1.807, 2.05) is 16.7 Å². The van der Waals surface area contributed by atoms with E-state index in [4.69, 9.17) is 0 Å². The van der Waals surface area contributed by atoms with Crippen molar-refractivity contribution in [1.82, 2.24) is 20.1 Å². The minimum absolute atomic E-state index is 0.0112. The van der Waals surface area contributed by atoms with E-state index in [1.54, 1.807) is 0 Å². The first-order valence-electron chi connectivity index (χ1n) is 11.9. The molecule has 7 nitrogen and oxygen atoms in total. The van der Waals surface area contributed by atoms with Crippen LogP contribution < -0.4 is 5.32 Å². The van der Waals surface area contributed by atoms with Gasteiger partial charge in [0.25, 0.3) is 0 Å². The average molecular weight is 521 g/mol. The SMILES string of the molecule is Cc1ccc(-n2c(Cc3cccc4ccccc34)nnc2SCC(=O)NC2CCS(=O)(=O)C2)c(C)c1. The number of hydrogen-bond acceptors (Lipinski definition) is 6. The van der Waals surface area contributed by atoms with E-state index >= 15 is 0 Å². The topological polar surface area (TPSA) is 93.9 Å². The summed E-state index contributed by atoms with van der Waals surface area (Å²) in [6, 6.07) is 20.5. The van der Waals surface area contributed by atoms with Gasteiger partial charge in [-0.2, -0.15) is 0 Å². The summed E-state index contributed by atoms with van der Waals surface area (Å²) in [6.45, 7) is 4.12. The highest BCUT2D eigenvalue weighted by Gasteiger charge is 2.29. The molecule has 0 saturated carbocycles. The van der Waals surface area contributed by atoms with E-state index in [2.05, 4.69) is 77.9 Å². The van der Waals surface area contributed by atoms with Gasteiger partial charge in [-0.15, -0.1) is 10.2 Å². The zero-order valence-corrected chi connectivity index (χ0v) is 21.9. The molecule has 0 aliphatic carbocycles. The number of carbonyl (C=O) groups is 1. The zero-order valence-electron chi connectivity index (χ0n) is 20.3. The van der Waals surface area contributed by atoms with Crippen molar-refractivity contribution >= 4 is 38.3 Å². The first-order chi connectivity index (χ1) is 17.3. The monoisotopic (exact) mass is 520 g/mol. The minimum Gasteiger partial charge on any atom is -0.352 e. The van der Waals surface area contributed by atoms with Crippen LogP contribution in [0.4, 0.5) is 0 Å². The maximum Gasteiger partial charge on any atom is 0.230 e. The van der Waals surface area contributed by atoms with Gasteiger partial charge in [0, 0.05) is 12.5 Å². The van der Waals surface area contributed by atoms with Gasteiger partial charge in [-0.3, -0.25) is 9.36 Å². The van der Waals surface area contributed by atoms with E-state index in [0.717, 1.165) is 22.6 Å². The zero-order chi connectivity index (χ0) is 25.3. The van der Waals surface area contributed by atoms with E-state index < -0.39 is 9.84 Å². The summed E-state index contributed by atoms with van der Waals surface area (Å²) >= 11 is 1.31. The Hall–Kier alpha value is -3.17. The molecule has 1 amide bonds. The highest BCUT2D eigenvalue weighted by atomic mass is 32.2. The molecule has 1 unspecified atom stereocenters. The van der Waals surface area contributed by atoms with Crippen LogP contribution in [-0.2, 0) is 21.1 Å². The molecule has 5 rings (SSSR count). The van der Waals surface area contributed by atoms with E-state index in [0.29, 0.717) is 18.0 Å². The minimum atomic E-state index is -3.05. The summed E-state index contributed by atoms with van der Waals surface area (Å²) in [7, 11) is -3.05. The predicted molar refractivity (Wildman–Crippen MR) is 144 cm³/mol. The van der Waals surface area contributed by atoms with Crippen LogP contribution in [0.25, 0.3) is 16.5 Å². The van der Waals surface area contributed by atoms with Gasteiger partial charge < -0.3 is 5.32 Å². The lowest BCUT2D eigenvalue weighted by Crippen LogP contribution is -2.36. The second-order valence-corrected chi connectivity index (χ2v) is 12.5. The fraction of sp³-hybridized carbons (Fsp3) is 0.296. The van der Waals surface area contributed by atoms with Crippen molar-refractivity contribution in [2.45, 2.75) is 37.9 Å². The molecule has 0 spiro atoms. The molecule has 36 heavy (non-hydrogen) atoms. The number of nitrogens with zero attached hydrogens (tertiary/aromatic N) is 3. The van der Waals surface area contributed by atoms with Crippen LogP contribution in [0.3, 0.4) is 0 Å². The summed E-state index contributed by atoms with van der Waals surface area (Å²) in [6.07, 6.45) is 1.06. The molecular formula is C27H28N4O3S2.